The lowest BCUT2D eigenvalue weighted by Gasteiger charge is -2.55. The second-order valence-corrected chi connectivity index (χ2v) is 9.41. The number of benzene rings is 1. The third-order valence-corrected chi connectivity index (χ3v) is 7.95. The lowest BCUT2D eigenvalue weighted by atomic mass is 9.75. The van der Waals surface area contributed by atoms with Gasteiger partial charge in [0.15, 0.2) is 4.33 Å². The topological polar surface area (TPSA) is 55.8 Å². The summed E-state index contributed by atoms with van der Waals surface area (Å²) < 4.78 is 22.4. The van der Waals surface area contributed by atoms with Gasteiger partial charge in [0.1, 0.15) is 0 Å². The van der Waals surface area contributed by atoms with Crippen LogP contribution in [0, 0.1) is 0 Å². The molecule has 1 aromatic carbocycles. The van der Waals surface area contributed by atoms with Crippen LogP contribution in [-0.4, -0.2) is 28.0 Å². The van der Waals surface area contributed by atoms with Gasteiger partial charge in [0, 0.05) is 12.3 Å². The summed E-state index contributed by atoms with van der Waals surface area (Å²) in [7, 11) is -3.86. The summed E-state index contributed by atoms with van der Waals surface area (Å²) in [4.78, 5) is 0. The molecular formula is C16H23Cl2O4P. The molecule has 1 saturated carbocycles. The fraction of sp³-hybridized carbons (Fsp3) is 0.625. The van der Waals surface area contributed by atoms with Crippen molar-refractivity contribution < 1.29 is 18.7 Å². The Bertz CT molecular complexity index is 554. The van der Waals surface area contributed by atoms with E-state index < -0.39 is 17.3 Å². The maximum atomic E-state index is 13.2. The van der Waals surface area contributed by atoms with E-state index in [4.69, 9.17) is 32.2 Å². The first-order chi connectivity index (χ1) is 10.8. The first-order valence-electron chi connectivity index (χ1n) is 7.86. The predicted molar refractivity (Wildman–Crippen MR) is 93.3 cm³/mol. The second-order valence-electron chi connectivity index (χ2n) is 5.77. The third-order valence-electron chi connectivity index (χ3n) is 4.05. The van der Waals surface area contributed by atoms with E-state index in [0.717, 1.165) is 5.56 Å². The van der Waals surface area contributed by atoms with Crippen LogP contribution in [0.4, 0.5) is 0 Å². The Balaban J connectivity index is 2.27. The Morgan fingerprint density at radius 1 is 1.17 bits per heavy atom. The number of rotatable bonds is 8. The summed E-state index contributed by atoms with van der Waals surface area (Å²) in [6.07, 6.45) is 1.43. The van der Waals surface area contributed by atoms with Crippen LogP contribution in [0.25, 0.3) is 0 Å². The van der Waals surface area contributed by atoms with Crippen LogP contribution in [0.3, 0.4) is 0 Å². The van der Waals surface area contributed by atoms with Gasteiger partial charge in [-0.3, -0.25) is 4.57 Å². The van der Waals surface area contributed by atoms with Crippen LogP contribution in [0.1, 0.15) is 44.6 Å². The summed E-state index contributed by atoms with van der Waals surface area (Å²) in [5.74, 6) is -0.333. The average molecular weight is 381 g/mol. The van der Waals surface area contributed by atoms with Crippen LogP contribution in [0.2, 0.25) is 0 Å². The highest BCUT2D eigenvalue weighted by molar-refractivity contribution is 7.56. The van der Waals surface area contributed by atoms with E-state index in [1.807, 2.05) is 44.2 Å². The first-order valence-corrected chi connectivity index (χ1v) is 10.2. The van der Waals surface area contributed by atoms with Crippen molar-refractivity contribution in [2.45, 2.75) is 48.7 Å². The van der Waals surface area contributed by atoms with Crippen LogP contribution < -0.4 is 0 Å². The quantitative estimate of drug-likeness (QED) is 0.504. The molecule has 4 nitrogen and oxygen atoms in total. The molecule has 0 radical (unpaired) electrons. The summed E-state index contributed by atoms with van der Waals surface area (Å²) in [6.45, 7) is 4.19. The molecule has 2 unspecified atom stereocenters. The van der Waals surface area contributed by atoms with Crippen LogP contribution in [-0.2, 0) is 13.6 Å². The van der Waals surface area contributed by atoms with Gasteiger partial charge >= 0.3 is 7.60 Å². The van der Waals surface area contributed by atoms with E-state index in [2.05, 4.69) is 0 Å². The van der Waals surface area contributed by atoms with Crippen LogP contribution >= 0.6 is 30.8 Å². The minimum atomic E-state index is -3.86. The van der Waals surface area contributed by atoms with E-state index in [-0.39, 0.29) is 25.6 Å². The van der Waals surface area contributed by atoms with Gasteiger partial charge in [0.25, 0.3) is 0 Å². The largest absolute Gasteiger partial charge is 0.375 e. The minimum absolute atomic E-state index is 0.134. The molecule has 0 spiro atoms. The van der Waals surface area contributed by atoms with Gasteiger partial charge < -0.3 is 14.2 Å². The van der Waals surface area contributed by atoms with Gasteiger partial charge in [-0.1, -0.05) is 67.4 Å². The normalized spacial score (nSPS) is 26.7. The summed E-state index contributed by atoms with van der Waals surface area (Å²) in [5, 5.41) is 9.06. The molecule has 7 heteroatoms. The first kappa shape index (κ1) is 19.2. The van der Waals surface area contributed by atoms with E-state index in [1.165, 1.54) is 0 Å². The molecule has 23 heavy (non-hydrogen) atoms. The highest BCUT2D eigenvalue weighted by atomic mass is 35.5. The molecule has 0 amide bonds. The van der Waals surface area contributed by atoms with Crippen molar-refractivity contribution in [2.75, 3.05) is 13.2 Å². The lowest BCUT2D eigenvalue weighted by molar-refractivity contribution is -0.0192. The van der Waals surface area contributed by atoms with Crippen molar-refractivity contribution in [3.8, 4) is 0 Å². The molecule has 0 heterocycles. The molecule has 1 fully saturated rings. The molecule has 0 aromatic heterocycles. The molecule has 2 rings (SSSR count). The minimum Gasteiger partial charge on any atom is -0.375 e. The Kier molecular flexibility index (Phi) is 6.21. The van der Waals surface area contributed by atoms with E-state index in [1.54, 1.807) is 0 Å². The summed E-state index contributed by atoms with van der Waals surface area (Å²) in [6, 6.07) is 9.40. The van der Waals surface area contributed by atoms with Crippen LogP contribution in [0.15, 0.2) is 30.3 Å². The molecule has 1 N–H and O–H groups in total. The molecular weight excluding hydrogens is 358 g/mol. The summed E-state index contributed by atoms with van der Waals surface area (Å²) in [5.41, 5.74) is 0.889. The number of alkyl halides is 2. The fourth-order valence-electron chi connectivity index (χ4n) is 2.68. The Morgan fingerprint density at radius 2 is 1.70 bits per heavy atom. The SMILES string of the molecule is CCCOP(=O)(OCCC)C1(O)CC(c2ccccc2)C1(Cl)Cl. The Morgan fingerprint density at radius 3 is 2.13 bits per heavy atom. The molecule has 2 atom stereocenters. The maximum absolute atomic E-state index is 13.2. The molecule has 0 aliphatic heterocycles. The van der Waals surface area contributed by atoms with Crippen molar-refractivity contribution >= 4 is 30.8 Å². The van der Waals surface area contributed by atoms with E-state index in [9.17, 15) is 9.67 Å². The van der Waals surface area contributed by atoms with Gasteiger partial charge in [0.05, 0.1) is 13.2 Å². The molecule has 1 aliphatic carbocycles. The molecule has 0 bridgehead atoms. The smallest absolute Gasteiger partial charge is 0.365 e. The van der Waals surface area contributed by atoms with Crippen molar-refractivity contribution in [1.29, 1.82) is 0 Å². The Hall–Kier alpha value is -0.0900. The lowest BCUT2D eigenvalue weighted by Crippen LogP contribution is -2.61. The van der Waals surface area contributed by atoms with Gasteiger partial charge in [-0.2, -0.15) is 0 Å². The zero-order valence-electron chi connectivity index (χ0n) is 13.4. The second kappa shape index (κ2) is 7.43. The number of halogens is 2. The predicted octanol–water partition coefficient (Wildman–Crippen LogP) is 5.08. The fourth-order valence-corrected chi connectivity index (χ4v) is 6.13. The zero-order valence-corrected chi connectivity index (χ0v) is 15.8. The van der Waals surface area contributed by atoms with Gasteiger partial charge in [-0.25, -0.2) is 0 Å². The van der Waals surface area contributed by atoms with Crippen molar-refractivity contribution in [3.05, 3.63) is 35.9 Å². The monoisotopic (exact) mass is 380 g/mol. The molecule has 130 valence electrons. The van der Waals surface area contributed by atoms with Crippen molar-refractivity contribution in [3.63, 3.8) is 0 Å². The standard InChI is InChI=1S/C16H23Cl2O4P/c1-3-10-21-23(20,22-11-4-2)15(19)12-14(16(15,17)18)13-8-6-5-7-9-13/h5-9,14,19H,3-4,10-12H2,1-2H3. The van der Waals surface area contributed by atoms with Gasteiger partial charge in [-0.15, -0.1) is 0 Å². The summed E-state index contributed by atoms with van der Waals surface area (Å²) >= 11 is 12.9. The van der Waals surface area contributed by atoms with Crippen molar-refractivity contribution in [2.24, 2.45) is 0 Å². The van der Waals surface area contributed by atoms with E-state index in [0.29, 0.717) is 12.8 Å². The highest BCUT2D eigenvalue weighted by Gasteiger charge is 2.74. The Labute approximate surface area is 147 Å². The van der Waals surface area contributed by atoms with Crippen LogP contribution in [0.5, 0.6) is 0 Å². The van der Waals surface area contributed by atoms with Crippen molar-refractivity contribution in [1.82, 2.24) is 0 Å². The number of hydrogen-bond acceptors (Lipinski definition) is 4. The number of hydrogen-bond donors (Lipinski definition) is 1. The van der Waals surface area contributed by atoms with E-state index >= 15 is 0 Å². The molecule has 1 aliphatic rings. The highest BCUT2D eigenvalue weighted by Crippen LogP contribution is 2.76. The zero-order chi connectivity index (χ0) is 17.1. The molecule has 0 saturated heterocycles. The maximum Gasteiger partial charge on any atom is 0.365 e. The molecule has 1 aromatic rings. The van der Waals surface area contributed by atoms with Gasteiger partial charge in [0.2, 0.25) is 5.34 Å². The van der Waals surface area contributed by atoms with Gasteiger partial charge in [-0.05, 0) is 18.4 Å². The third kappa shape index (κ3) is 3.35. The average Bonchev–Trinajstić information content (AvgIpc) is 2.56. The number of aliphatic hydroxyl groups is 1.